The van der Waals surface area contributed by atoms with E-state index in [0.717, 1.165) is 31.7 Å². The summed E-state index contributed by atoms with van der Waals surface area (Å²) in [7, 11) is 0. The lowest BCUT2D eigenvalue weighted by Gasteiger charge is -2.11. The number of nitrogens with zero attached hydrogens (tertiary/aromatic N) is 2. The van der Waals surface area contributed by atoms with Crippen LogP contribution in [0.25, 0.3) is 0 Å². The van der Waals surface area contributed by atoms with E-state index in [4.69, 9.17) is 5.26 Å². The van der Waals surface area contributed by atoms with Gasteiger partial charge in [0.05, 0.1) is 0 Å². The summed E-state index contributed by atoms with van der Waals surface area (Å²) in [6, 6.07) is 4.05. The van der Waals surface area contributed by atoms with E-state index in [-0.39, 0.29) is 5.69 Å². The second-order valence-electron chi connectivity index (χ2n) is 4.18. The Hall–Kier alpha value is -1.22. The standard InChI is InChI=1S/C12H11F3N2S/c13-12(14,15)11-6-5-10(9(7-16)17-11)18-8-3-1-2-4-8/h5-6,8H,1-4H2. The Bertz CT molecular complexity index is 473. The third kappa shape index (κ3) is 2.96. The molecule has 96 valence electrons. The van der Waals surface area contributed by atoms with E-state index in [1.807, 2.05) is 0 Å². The summed E-state index contributed by atoms with van der Waals surface area (Å²) in [5.74, 6) is 0. The molecule has 0 amide bonds. The first kappa shape index (κ1) is 13.2. The molecule has 1 aliphatic carbocycles. The minimum atomic E-state index is -4.50. The lowest BCUT2D eigenvalue weighted by atomic mass is 10.3. The summed E-state index contributed by atoms with van der Waals surface area (Å²) < 4.78 is 37.4. The van der Waals surface area contributed by atoms with Crippen LogP contribution in [0.2, 0.25) is 0 Å². The van der Waals surface area contributed by atoms with E-state index in [1.54, 1.807) is 6.07 Å². The number of rotatable bonds is 2. The molecule has 0 aliphatic heterocycles. The van der Waals surface area contributed by atoms with Crippen LogP contribution >= 0.6 is 11.8 Å². The van der Waals surface area contributed by atoms with Gasteiger partial charge in [-0.2, -0.15) is 18.4 Å². The SMILES string of the molecule is N#Cc1nc(C(F)(F)F)ccc1SC1CCCC1. The molecular formula is C12H11F3N2S. The Balaban J connectivity index is 2.23. The first-order chi connectivity index (χ1) is 8.50. The number of alkyl halides is 3. The highest BCUT2D eigenvalue weighted by Crippen LogP contribution is 2.37. The Morgan fingerprint density at radius 1 is 1.28 bits per heavy atom. The molecule has 1 fully saturated rings. The van der Waals surface area contributed by atoms with E-state index < -0.39 is 11.9 Å². The molecule has 1 saturated carbocycles. The van der Waals surface area contributed by atoms with Gasteiger partial charge in [-0.05, 0) is 25.0 Å². The van der Waals surface area contributed by atoms with Gasteiger partial charge < -0.3 is 0 Å². The normalized spacial score (nSPS) is 16.8. The second-order valence-corrected chi connectivity index (χ2v) is 5.52. The van der Waals surface area contributed by atoms with Gasteiger partial charge in [-0.25, -0.2) is 4.98 Å². The summed E-state index contributed by atoms with van der Waals surface area (Å²) in [5, 5.41) is 9.29. The maximum atomic E-state index is 12.5. The van der Waals surface area contributed by atoms with E-state index in [2.05, 4.69) is 4.98 Å². The summed E-state index contributed by atoms with van der Waals surface area (Å²) in [6.07, 6.45) is -0.101. The van der Waals surface area contributed by atoms with Crippen molar-refractivity contribution in [2.24, 2.45) is 0 Å². The van der Waals surface area contributed by atoms with Crippen molar-refractivity contribution >= 4 is 11.8 Å². The first-order valence-electron chi connectivity index (χ1n) is 5.65. The number of pyridine rings is 1. The maximum Gasteiger partial charge on any atom is 0.433 e. The first-order valence-corrected chi connectivity index (χ1v) is 6.53. The van der Waals surface area contributed by atoms with Gasteiger partial charge >= 0.3 is 6.18 Å². The predicted molar refractivity (Wildman–Crippen MR) is 62.1 cm³/mol. The van der Waals surface area contributed by atoms with Gasteiger partial charge in [-0.15, -0.1) is 11.8 Å². The smallest absolute Gasteiger partial charge is 0.231 e. The Labute approximate surface area is 107 Å². The molecule has 2 nitrogen and oxygen atoms in total. The fourth-order valence-electron chi connectivity index (χ4n) is 1.97. The third-order valence-corrected chi connectivity index (χ3v) is 4.24. The minimum Gasteiger partial charge on any atom is -0.231 e. The van der Waals surface area contributed by atoms with Gasteiger partial charge in [0.25, 0.3) is 0 Å². The van der Waals surface area contributed by atoms with Crippen molar-refractivity contribution in [3.63, 3.8) is 0 Å². The molecule has 0 aromatic carbocycles. The lowest BCUT2D eigenvalue weighted by molar-refractivity contribution is -0.141. The molecule has 0 spiro atoms. The van der Waals surface area contributed by atoms with Crippen LogP contribution in [0.3, 0.4) is 0 Å². The van der Waals surface area contributed by atoms with Crippen LogP contribution in [0.4, 0.5) is 13.2 Å². The maximum absolute atomic E-state index is 12.5. The Kier molecular flexibility index (Phi) is 3.81. The fourth-order valence-corrected chi connectivity index (χ4v) is 3.24. The number of nitriles is 1. The van der Waals surface area contributed by atoms with Crippen molar-refractivity contribution in [2.75, 3.05) is 0 Å². The van der Waals surface area contributed by atoms with E-state index in [9.17, 15) is 13.2 Å². The second kappa shape index (κ2) is 5.19. The van der Waals surface area contributed by atoms with E-state index in [1.165, 1.54) is 17.8 Å². The summed E-state index contributed by atoms with van der Waals surface area (Å²) >= 11 is 1.47. The highest BCUT2D eigenvalue weighted by molar-refractivity contribution is 8.00. The van der Waals surface area contributed by atoms with Gasteiger partial charge in [-0.3, -0.25) is 0 Å². The summed E-state index contributed by atoms with van der Waals surface area (Å²) in [4.78, 5) is 3.95. The van der Waals surface area contributed by atoms with Crippen molar-refractivity contribution in [1.29, 1.82) is 5.26 Å². The zero-order valence-corrected chi connectivity index (χ0v) is 10.3. The van der Waals surface area contributed by atoms with Crippen molar-refractivity contribution in [3.05, 3.63) is 23.5 Å². The van der Waals surface area contributed by atoms with Crippen LogP contribution in [0.5, 0.6) is 0 Å². The fraction of sp³-hybridized carbons (Fsp3) is 0.500. The quantitative estimate of drug-likeness (QED) is 0.816. The molecule has 0 N–H and O–H groups in total. The van der Waals surface area contributed by atoms with Crippen molar-refractivity contribution in [1.82, 2.24) is 4.98 Å². The number of hydrogen-bond donors (Lipinski definition) is 0. The molecule has 18 heavy (non-hydrogen) atoms. The zero-order valence-electron chi connectivity index (χ0n) is 9.50. The van der Waals surface area contributed by atoms with Crippen LogP contribution in [0.15, 0.2) is 17.0 Å². The van der Waals surface area contributed by atoms with Gasteiger partial charge in [0.1, 0.15) is 11.8 Å². The van der Waals surface area contributed by atoms with Crippen LogP contribution in [-0.4, -0.2) is 10.2 Å². The zero-order chi connectivity index (χ0) is 13.2. The average molecular weight is 272 g/mol. The summed E-state index contributed by atoms with van der Waals surface area (Å²) in [6.45, 7) is 0. The van der Waals surface area contributed by atoms with Gasteiger partial charge in [0, 0.05) is 10.1 Å². The van der Waals surface area contributed by atoms with Gasteiger partial charge in [0.15, 0.2) is 5.69 Å². The highest BCUT2D eigenvalue weighted by Gasteiger charge is 2.33. The molecule has 0 saturated heterocycles. The van der Waals surface area contributed by atoms with Crippen molar-refractivity contribution in [3.8, 4) is 6.07 Å². The Morgan fingerprint density at radius 3 is 2.50 bits per heavy atom. The number of aromatic nitrogens is 1. The lowest BCUT2D eigenvalue weighted by Crippen LogP contribution is -2.09. The molecule has 1 aromatic rings. The average Bonchev–Trinajstić information content (AvgIpc) is 2.81. The molecule has 0 unspecified atom stereocenters. The van der Waals surface area contributed by atoms with Crippen LogP contribution in [-0.2, 0) is 6.18 Å². The van der Waals surface area contributed by atoms with Crippen LogP contribution in [0.1, 0.15) is 37.1 Å². The topological polar surface area (TPSA) is 36.7 Å². The largest absolute Gasteiger partial charge is 0.433 e. The van der Waals surface area contributed by atoms with Crippen LogP contribution in [0, 0.1) is 11.3 Å². The molecule has 0 atom stereocenters. The number of thioether (sulfide) groups is 1. The summed E-state index contributed by atoms with van der Waals surface area (Å²) in [5.41, 5.74) is -1.13. The number of halogens is 3. The Morgan fingerprint density at radius 2 is 1.94 bits per heavy atom. The third-order valence-electron chi connectivity index (χ3n) is 2.85. The number of hydrogen-bond acceptors (Lipinski definition) is 3. The monoisotopic (exact) mass is 272 g/mol. The van der Waals surface area contributed by atoms with Crippen LogP contribution < -0.4 is 0 Å². The molecule has 6 heteroatoms. The molecule has 1 aromatic heterocycles. The molecule has 0 radical (unpaired) electrons. The minimum absolute atomic E-state index is 0.123. The van der Waals surface area contributed by atoms with E-state index >= 15 is 0 Å². The molecule has 0 bridgehead atoms. The molecule has 1 heterocycles. The van der Waals surface area contributed by atoms with Gasteiger partial charge in [0.2, 0.25) is 0 Å². The van der Waals surface area contributed by atoms with Gasteiger partial charge in [-0.1, -0.05) is 12.8 Å². The highest BCUT2D eigenvalue weighted by atomic mass is 32.2. The predicted octanol–water partition coefficient (Wildman–Crippen LogP) is 4.01. The molecule has 1 aliphatic rings. The van der Waals surface area contributed by atoms with Crippen molar-refractivity contribution in [2.45, 2.75) is 42.0 Å². The van der Waals surface area contributed by atoms with E-state index in [0.29, 0.717) is 10.1 Å². The molecule has 2 rings (SSSR count). The van der Waals surface area contributed by atoms with Crippen molar-refractivity contribution < 1.29 is 13.2 Å². The molecular weight excluding hydrogens is 261 g/mol.